The van der Waals surface area contributed by atoms with Crippen LogP contribution in [0.3, 0.4) is 0 Å². The van der Waals surface area contributed by atoms with Gasteiger partial charge in [-0.3, -0.25) is 4.99 Å². The third-order valence-electron chi connectivity index (χ3n) is 3.11. The summed E-state index contributed by atoms with van der Waals surface area (Å²) in [5.41, 5.74) is 2.89. The van der Waals surface area contributed by atoms with E-state index in [4.69, 9.17) is 0 Å². The molecule has 100 valence electrons. The highest BCUT2D eigenvalue weighted by atomic mass is 16.3. The minimum absolute atomic E-state index is 0.0586. The lowest BCUT2D eigenvalue weighted by atomic mass is 10.1. The molecule has 0 saturated heterocycles. The molecule has 2 N–H and O–H groups in total. The Hall–Kier alpha value is -2.75. The van der Waals surface area contributed by atoms with Crippen LogP contribution in [0.25, 0.3) is 0 Å². The number of hydrogen-bond acceptors (Lipinski definition) is 4. The van der Waals surface area contributed by atoms with Crippen LogP contribution in [0.4, 0.5) is 5.69 Å². The number of aromatic hydroxyl groups is 2. The SMILES string of the molecule is Oc1cc(O)cc(CN2C=CN=Cc3ccccc32)c1. The summed E-state index contributed by atoms with van der Waals surface area (Å²) in [5.74, 6) is 0.117. The van der Waals surface area contributed by atoms with Gasteiger partial charge in [-0.15, -0.1) is 0 Å². The monoisotopic (exact) mass is 266 g/mol. The number of fused-ring (bicyclic) bond motifs is 1. The second-order valence-electron chi connectivity index (χ2n) is 4.62. The molecule has 0 bridgehead atoms. The van der Waals surface area contributed by atoms with Crippen molar-refractivity contribution >= 4 is 11.9 Å². The minimum atomic E-state index is 0.0586. The molecule has 0 saturated carbocycles. The molecular formula is C16H14N2O2. The zero-order chi connectivity index (χ0) is 13.9. The predicted octanol–water partition coefficient (Wildman–Crippen LogP) is 3.01. The van der Waals surface area contributed by atoms with Gasteiger partial charge in [0.25, 0.3) is 0 Å². The van der Waals surface area contributed by atoms with Gasteiger partial charge >= 0.3 is 0 Å². The predicted molar refractivity (Wildman–Crippen MR) is 79.1 cm³/mol. The van der Waals surface area contributed by atoms with Crippen molar-refractivity contribution < 1.29 is 10.2 Å². The van der Waals surface area contributed by atoms with E-state index in [-0.39, 0.29) is 11.5 Å². The molecule has 20 heavy (non-hydrogen) atoms. The second-order valence-corrected chi connectivity index (χ2v) is 4.62. The molecule has 0 unspecified atom stereocenters. The number of anilines is 1. The third-order valence-corrected chi connectivity index (χ3v) is 3.11. The first-order valence-corrected chi connectivity index (χ1v) is 6.30. The number of para-hydroxylation sites is 1. The van der Waals surface area contributed by atoms with Crippen molar-refractivity contribution in [2.75, 3.05) is 4.90 Å². The number of phenolic OH excluding ortho intramolecular Hbond substituents is 2. The van der Waals surface area contributed by atoms with E-state index in [9.17, 15) is 10.2 Å². The molecule has 0 aliphatic carbocycles. The average Bonchev–Trinajstić information content (AvgIpc) is 2.61. The highest BCUT2D eigenvalue weighted by Gasteiger charge is 2.11. The highest BCUT2D eigenvalue weighted by molar-refractivity contribution is 5.89. The van der Waals surface area contributed by atoms with Gasteiger partial charge in [0.15, 0.2) is 0 Å². The Morgan fingerprint density at radius 3 is 2.55 bits per heavy atom. The number of nitrogens with zero attached hydrogens (tertiary/aromatic N) is 2. The first-order valence-electron chi connectivity index (χ1n) is 6.30. The van der Waals surface area contributed by atoms with Gasteiger partial charge in [0, 0.05) is 42.5 Å². The minimum Gasteiger partial charge on any atom is -0.508 e. The Balaban J connectivity index is 1.95. The quantitative estimate of drug-likeness (QED) is 0.878. The molecule has 0 aromatic heterocycles. The van der Waals surface area contributed by atoms with Crippen molar-refractivity contribution in [2.24, 2.45) is 4.99 Å². The first-order chi connectivity index (χ1) is 9.72. The van der Waals surface area contributed by atoms with E-state index in [1.165, 1.54) is 6.07 Å². The van der Waals surface area contributed by atoms with Crippen LogP contribution in [0.2, 0.25) is 0 Å². The Bertz CT molecular complexity index is 672. The summed E-state index contributed by atoms with van der Waals surface area (Å²) in [4.78, 5) is 6.22. The van der Waals surface area contributed by atoms with Crippen molar-refractivity contribution in [1.29, 1.82) is 0 Å². The van der Waals surface area contributed by atoms with E-state index < -0.39 is 0 Å². The standard InChI is InChI=1S/C16H14N2O2/c19-14-7-12(8-15(20)9-14)11-18-6-5-17-10-13-3-1-2-4-16(13)18/h1-10,19-20H,11H2. The Kier molecular flexibility index (Phi) is 3.13. The van der Waals surface area contributed by atoms with Gasteiger partial charge < -0.3 is 15.1 Å². The summed E-state index contributed by atoms with van der Waals surface area (Å²) in [6.07, 6.45) is 5.41. The largest absolute Gasteiger partial charge is 0.508 e. The molecule has 1 aliphatic heterocycles. The maximum atomic E-state index is 9.55. The molecule has 2 aromatic carbocycles. The van der Waals surface area contributed by atoms with Crippen molar-refractivity contribution in [3.8, 4) is 11.5 Å². The second kappa shape index (κ2) is 5.09. The van der Waals surface area contributed by atoms with Crippen LogP contribution in [0.1, 0.15) is 11.1 Å². The maximum Gasteiger partial charge on any atom is 0.119 e. The van der Waals surface area contributed by atoms with E-state index in [2.05, 4.69) is 4.99 Å². The Morgan fingerprint density at radius 1 is 1.00 bits per heavy atom. The van der Waals surface area contributed by atoms with E-state index >= 15 is 0 Å². The normalized spacial score (nSPS) is 13.1. The van der Waals surface area contributed by atoms with Gasteiger partial charge in [-0.2, -0.15) is 0 Å². The molecule has 1 aliphatic rings. The van der Waals surface area contributed by atoms with E-state index in [1.807, 2.05) is 41.6 Å². The number of rotatable bonds is 2. The molecule has 2 aromatic rings. The molecule has 4 heteroatoms. The number of aliphatic imine (C=N–C) groups is 1. The summed E-state index contributed by atoms with van der Waals surface area (Å²) >= 11 is 0. The topological polar surface area (TPSA) is 56.1 Å². The van der Waals surface area contributed by atoms with Crippen LogP contribution < -0.4 is 4.90 Å². The zero-order valence-corrected chi connectivity index (χ0v) is 10.8. The van der Waals surface area contributed by atoms with Gasteiger partial charge in [-0.05, 0) is 23.8 Å². The fourth-order valence-electron chi connectivity index (χ4n) is 2.26. The van der Waals surface area contributed by atoms with Gasteiger partial charge in [0.2, 0.25) is 0 Å². The van der Waals surface area contributed by atoms with Gasteiger partial charge in [-0.1, -0.05) is 18.2 Å². The van der Waals surface area contributed by atoms with E-state index in [0.29, 0.717) is 6.54 Å². The lowest BCUT2D eigenvalue weighted by Crippen LogP contribution is -2.16. The first kappa shape index (κ1) is 12.3. The summed E-state index contributed by atoms with van der Waals surface area (Å²) in [7, 11) is 0. The average molecular weight is 266 g/mol. The summed E-state index contributed by atoms with van der Waals surface area (Å²) in [5, 5.41) is 19.1. The summed E-state index contributed by atoms with van der Waals surface area (Å²) < 4.78 is 0. The van der Waals surface area contributed by atoms with Gasteiger partial charge in [-0.25, -0.2) is 0 Å². The number of hydrogen-bond donors (Lipinski definition) is 2. The van der Waals surface area contributed by atoms with Gasteiger partial charge in [0.05, 0.1) is 0 Å². The van der Waals surface area contributed by atoms with Crippen molar-refractivity contribution in [2.45, 2.75) is 6.54 Å². The fourth-order valence-corrected chi connectivity index (χ4v) is 2.26. The van der Waals surface area contributed by atoms with Crippen molar-refractivity contribution in [3.63, 3.8) is 0 Å². The molecule has 1 heterocycles. The van der Waals surface area contributed by atoms with Crippen LogP contribution in [-0.4, -0.2) is 16.4 Å². The van der Waals surface area contributed by atoms with Crippen LogP contribution in [0.5, 0.6) is 11.5 Å². The molecule has 0 radical (unpaired) electrons. The maximum absolute atomic E-state index is 9.55. The third kappa shape index (κ3) is 2.49. The molecule has 4 nitrogen and oxygen atoms in total. The highest BCUT2D eigenvalue weighted by Crippen LogP contribution is 2.26. The molecule has 0 atom stereocenters. The summed E-state index contributed by atoms with van der Waals surface area (Å²) in [6, 6.07) is 12.6. The summed E-state index contributed by atoms with van der Waals surface area (Å²) in [6.45, 7) is 0.541. The van der Waals surface area contributed by atoms with Crippen LogP contribution >= 0.6 is 0 Å². The molecule has 0 fully saturated rings. The van der Waals surface area contributed by atoms with Crippen LogP contribution in [-0.2, 0) is 6.54 Å². The Morgan fingerprint density at radius 2 is 1.75 bits per heavy atom. The Labute approximate surface area is 116 Å². The molecule has 0 spiro atoms. The van der Waals surface area contributed by atoms with Gasteiger partial charge in [0.1, 0.15) is 11.5 Å². The molecular weight excluding hydrogens is 252 g/mol. The zero-order valence-electron chi connectivity index (χ0n) is 10.8. The van der Waals surface area contributed by atoms with Crippen LogP contribution in [0, 0.1) is 0 Å². The molecule has 0 amide bonds. The van der Waals surface area contributed by atoms with E-state index in [0.717, 1.165) is 16.8 Å². The van der Waals surface area contributed by atoms with Crippen LogP contribution in [0.15, 0.2) is 59.9 Å². The fraction of sp³-hybridized carbons (Fsp3) is 0.0625. The van der Waals surface area contributed by atoms with E-state index in [1.54, 1.807) is 18.3 Å². The number of benzene rings is 2. The molecule has 3 rings (SSSR count). The van der Waals surface area contributed by atoms with Crippen molar-refractivity contribution in [1.82, 2.24) is 0 Å². The number of phenols is 2. The lowest BCUT2D eigenvalue weighted by Gasteiger charge is -2.21. The lowest BCUT2D eigenvalue weighted by molar-refractivity contribution is 0.449. The smallest absolute Gasteiger partial charge is 0.119 e. The van der Waals surface area contributed by atoms with Crippen molar-refractivity contribution in [3.05, 3.63) is 66.0 Å².